The fourth-order valence-corrected chi connectivity index (χ4v) is 2.37. The van der Waals surface area contributed by atoms with Gasteiger partial charge in [-0.05, 0) is 25.5 Å². The fraction of sp³-hybridized carbons (Fsp3) is 0.429. The lowest BCUT2D eigenvalue weighted by Gasteiger charge is -2.32. The molecule has 1 aliphatic heterocycles. The van der Waals surface area contributed by atoms with Gasteiger partial charge in [-0.15, -0.1) is 0 Å². The molecular weight excluding hydrogens is 231 g/mol. The van der Waals surface area contributed by atoms with Crippen LogP contribution in [0.15, 0.2) is 18.2 Å². The van der Waals surface area contributed by atoms with E-state index in [1.54, 1.807) is 12.1 Å². The Morgan fingerprint density at radius 3 is 3.06 bits per heavy atom. The molecule has 0 spiro atoms. The number of piperidine rings is 1. The number of carbonyl (C=O) groups excluding carboxylic acids is 1. The van der Waals surface area contributed by atoms with E-state index in [2.05, 4.69) is 0 Å². The van der Waals surface area contributed by atoms with Crippen molar-refractivity contribution in [1.29, 1.82) is 5.26 Å². The van der Waals surface area contributed by atoms with E-state index in [0.29, 0.717) is 12.1 Å². The van der Waals surface area contributed by atoms with Gasteiger partial charge in [0.15, 0.2) is 0 Å². The summed E-state index contributed by atoms with van der Waals surface area (Å²) in [4.78, 5) is 13.0. The van der Waals surface area contributed by atoms with E-state index in [1.807, 2.05) is 11.0 Å². The van der Waals surface area contributed by atoms with Crippen molar-refractivity contribution in [3.8, 4) is 6.07 Å². The number of nitrogens with zero attached hydrogens (tertiary/aromatic N) is 2. The van der Waals surface area contributed by atoms with Gasteiger partial charge in [0, 0.05) is 12.1 Å². The van der Waals surface area contributed by atoms with Crippen molar-refractivity contribution in [2.45, 2.75) is 31.8 Å². The quantitative estimate of drug-likeness (QED) is 0.768. The van der Waals surface area contributed by atoms with Crippen molar-refractivity contribution in [3.05, 3.63) is 35.1 Å². The van der Waals surface area contributed by atoms with Crippen LogP contribution in [-0.4, -0.2) is 23.8 Å². The first-order chi connectivity index (χ1) is 8.76. The number of carbonyl (C=O) groups is 1. The molecule has 1 saturated heterocycles. The molecule has 0 bridgehead atoms. The average molecular weight is 246 g/mol. The van der Waals surface area contributed by atoms with Gasteiger partial charge >= 0.3 is 0 Å². The van der Waals surface area contributed by atoms with Crippen molar-refractivity contribution in [1.82, 2.24) is 4.90 Å². The molecule has 1 atom stereocenters. The summed E-state index contributed by atoms with van der Waals surface area (Å²) in [5, 5.41) is 8.79. The lowest BCUT2D eigenvalue weighted by Crippen LogP contribution is -2.40. The summed E-state index contributed by atoms with van der Waals surface area (Å²) >= 11 is 0. The molecule has 0 radical (unpaired) electrons. The second-order valence-corrected chi connectivity index (χ2v) is 4.56. The number of benzene rings is 1. The number of hydrogen-bond donors (Lipinski definition) is 0. The highest BCUT2D eigenvalue weighted by Gasteiger charge is 2.23. The maximum Gasteiger partial charge on any atom is 0.145 e. The number of nitriles is 1. The van der Waals surface area contributed by atoms with Crippen molar-refractivity contribution >= 4 is 6.29 Å². The van der Waals surface area contributed by atoms with Crippen molar-refractivity contribution in [3.63, 3.8) is 0 Å². The summed E-state index contributed by atoms with van der Waals surface area (Å²) in [5.41, 5.74) is 0.551. The van der Waals surface area contributed by atoms with Crippen LogP contribution >= 0.6 is 0 Å². The Hall–Kier alpha value is -1.73. The lowest BCUT2D eigenvalue weighted by molar-refractivity contribution is -0.113. The highest BCUT2D eigenvalue weighted by Crippen LogP contribution is 2.20. The molecule has 0 aromatic heterocycles. The lowest BCUT2D eigenvalue weighted by atomic mass is 10.0. The van der Waals surface area contributed by atoms with Gasteiger partial charge in [-0.25, -0.2) is 4.39 Å². The molecule has 1 aliphatic rings. The van der Waals surface area contributed by atoms with Crippen LogP contribution in [0.25, 0.3) is 0 Å². The van der Waals surface area contributed by atoms with E-state index in [0.717, 1.165) is 32.1 Å². The molecule has 0 amide bonds. The number of halogens is 1. The standard InChI is InChI=1S/C14H15FN2O/c15-14-11(8-16)4-3-5-12(14)9-17-7-2-1-6-13(17)10-18/h3-5,10,13H,1-2,6-7,9H2. The van der Waals surface area contributed by atoms with Crippen LogP contribution in [0.3, 0.4) is 0 Å². The van der Waals surface area contributed by atoms with Crippen LogP contribution < -0.4 is 0 Å². The van der Waals surface area contributed by atoms with Crippen molar-refractivity contribution < 1.29 is 9.18 Å². The molecule has 94 valence electrons. The minimum Gasteiger partial charge on any atom is -0.302 e. The molecule has 0 N–H and O–H groups in total. The molecule has 2 rings (SSSR count). The van der Waals surface area contributed by atoms with Gasteiger partial charge in [0.2, 0.25) is 0 Å². The first-order valence-corrected chi connectivity index (χ1v) is 6.13. The minimum absolute atomic E-state index is 0.0622. The second-order valence-electron chi connectivity index (χ2n) is 4.56. The average Bonchev–Trinajstić information content (AvgIpc) is 2.42. The van der Waals surface area contributed by atoms with E-state index in [-0.39, 0.29) is 11.6 Å². The largest absolute Gasteiger partial charge is 0.302 e. The van der Waals surface area contributed by atoms with Crippen molar-refractivity contribution in [2.24, 2.45) is 0 Å². The van der Waals surface area contributed by atoms with Crippen LogP contribution in [0.4, 0.5) is 4.39 Å². The summed E-state index contributed by atoms with van der Waals surface area (Å²) < 4.78 is 13.9. The third kappa shape index (κ3) is 2.57. The monoisotopic (exact) mass is 246 g/mol. The smallest absolute Gasteiger partial charge is 0.145 e. The first kappa shape index (κ1) is 12.7. The van der Waals surface area contributed by atoms with Crippen molar-refractivity contribution in [2.75, 3.05) is 6.54 Å². The highest BCUT2D eigenvalue weighted by molar-refractivity contribution is 5.57. The highest BCUT2D eigenvalue weighted by atomic mass is 19.1. The fourth-order valence-electron chi connectivity index (χ4n) is 2.37. The Kier molecular flexibility index (Phi) is 4.06. The zero-order valence-corrected chi connectivity index (χ0v) is 10.1. The summed E-state index contributed by atoms with van der Waals surface area (Å²) in [6.45, 7) is 1.20. The van der Waals surface area contributed by atoms with Gasteiger partial charge in [-0.2, -0.15) is 5.26 Å². The van der Waals surface area contributed by atoms with E-state index in [4.69, 9.17) is 5.26 Å². The van der Waals surface area contributed by atoms with Gasteiger partial charge in [0.05, 0.1) is 11.6 Å². The predicted octanol–water partition coefficient (Wildman–Crippen LogP) is 2.25. The third-order valence-corrected chi connectivity index (χ3v) is 3.39. The Bertz CT molecular complexity index is 481. The summed E-state index contributed by atoms with van der Waals surface area (Å²) in [6, 6.07) is 6.53. The minimum atomic E-state index is -0.463. The van der Waals surface area contributed by atoms with E-state index < -0.39 is 5.82 Å². The topological polar surface area (TPSA) is 44.1 Å². The van der Waals surface area contributed by atoms with Gasteiger partial charge in [0.1, 0.15) is 18.2 Å². The number of hydrogen-bond acceptors (Lipinski definition) is 3. The van der Waals surface area contributed by atoms with E-state index >= 15 is 0 Å². The number of aldehydes is 1. The molecule has 3 nitrogen and oxygen atoms in total. The summed E-state index contributed by atoms with van der Waals surface area (Å²) in [6.07, 6.45) is 3.85. The SMILES string of the molecule is N#Cc1cccc(CN2CCCCC2C=O)c1F. The third-order valence-electron chi connectivity index (χ3n) is 3.39. The molecular formula is C14H15FN2O. The van der Waals surface area contributed by atoms with E-state index in [9.17, 15) is 9.18 Å². The molecule has 1 aromatic carbocycles. The Morgan fingerprint density at radius 2 is 2.33 bits per heavy atom. The van der Waals surface area contributed by atoms with Gasteiger partial charge in [0.25, 0.3) is 0 Å². The van der Waals surface area contributed by atoms with Crippen LogP contribution in [0.5, 0.6) is 0 Å². The molecule has 1 fully saturated rings. The van der Waals surface area contributed by atoms with Crippen LogP contribution in [0.2, 0.25) is 0 Å². The van der Waals surface area contributed by atoms with Gasteiger partial charge in [-0.3, -0.25) is 4.90 Å². The maximum absolute atomic E-state index is 13.9. The number of rotatable bonds is 3. The first-order valence-electron chi connectivity index (χ1n) is 6.13. The Labute approximate surface area is 106 Å². The zero-order valence-electron chi connectivity index (χ0n) is 10.1. The molecule has 1 heterocycles. The van der Waals surface area contributed by atoms with Crippen LogP contribution in [-0.2, 0) is 11.3 Å². The second kappa shape index (κ2) is 5.74. The van der Waals surface area contributed by atoms with Crippen LogP contribution in [0.1, 0.15) is 30.4 Å². The molecule has 18 heavy (non-hydrogen) atoms. The molecule has 0 aliphatic carbocycles. The predicted molar refractivity (Wildman–Crippen MR) is 65.2 cm³/mol. The Balaban J connectivity index is 2.18. The molecule has 4 heteroatoms. The normalized spacial score (nSPS) is 20.3. The summed E-state index contributed by atoms with van der Waals surface area (Å²) in [7, 11) is 0. The maximum atomic E-state index is 13.9. The summed E-state index contributed by atoms with van der Waals surface area (Å²) in [5.74, 6) is -0.463. The Morgan fingerprint density at radius 1 is 1.50 bits per heavy atom. The van der Waals surface area contributed by atoms with Crippen LogP contribution in [0, 0.1) is 17.1 Å². The number of likely N-dealkylation sites (tertiary alicyclic amines) is 1. The van der Waals surface area contributed by atoms with E-state index in [1.165, 1.54) is 6.07 Å². The zero-order chi connectivity index (χ0) is 13.0. The van der Waals surface area contributed by atoms with Gasteiger partial charge < -0.3 is 4.79 Å². The molecule has 1 unspecified atom stereocenters. The molecule has 1 aromatic rings. The molecule has 0 saturated carbocycles. The van der Waals surface area contributed by atoms with Gasteiger partial charge in [-0.1, -0.05) is 18.6 Å².